The molecule has 2 heterocycles. The highest BCUT2D eigenvalue weighted by Gasteiger charge is 2.31. The number of amides is 1. The van der Waals surface area contributed by atoms with E-state index < -0.39 is 6.04 Å². The third-order valence-corrected chi connectivity index (χ3v) is 3.53. The van der Waals surface area contributed by atoms with E-state index in [-0.39, 0.29) is 18.5 Å². The van der Waals surface area contributed by atoms with Crippen molar-refractivity contribution >= 4 is 17.3 Å². The van der Waals surface area contributed by atoms with Gasteiger partial charge in [0.05, 0.1) is 0 Å². The number of hydrogen-bond acceptors (Lipinski definition) is 4. The van der Waals surface area contributed by atoms with E-state index in [2.05, 4.69) is 10.6 Å². The first-order chi connectivity index (χ1) is 10.2. The minimum Gasteiger partial charge on any atom is -0.454 e. The lowest BCUT2D eigenvalue weighted by Gasteiger charge is -2.13. The summed E-state index contributed by atoms with van der Waals surface area (Å²) in [6.45, 7) is 0.191. The maximum Gasteiger partial charge on any atom is 0.251 e. The minimum absolute atomic E-state index is 0.191. The number of benzene rings is 2. The molecule has 2 N–H and O–H groups in total. The summed E-state index contributed by atoms with van der Waals surface area (Å²) in [6, 6.07) is 8.93. The first-order valence-corrected chi connectivity index (χ1v) is 6.47. The fraction of sp³-hybridized carbons (Fsp3) is 0.133. The number of carbonyl (C=O) groups excluding carboxylic acids is 1. The summed E-state index contributed by atoms with van der Waals surface area (Å²) >= 11 is 0. The number of halogens is 1. The number of rotatable bonds is 2. The maximum absolute atomic E-state index is 13.4. The van der Waals surface area contributed by atoms with E-state index in [0.717, 1.165) is 0 Å². The van der Waals surface area contributed by atoms with Gasteiger partial charge in [-0.05, 0) is 30.3 Å². The topological polar surface area (TPSA) is 59.6 Å². The van der Waals surface area contributed by atoms with Crippen LogP contribution < -0.4 is 20.1 Å². The number of hydrogen-bond donors (Lipinski definition) is 2. The molecule has 1 unspecified atom stereocenters. The first-order valence-electron chi connectivity index (χ1n) is 6.47. The second-order valence-electron chi connectivity index (χ2n) is 4.87. The van der Waals surface area contributed by atoms with Crippen LogP contribution in [0.25, 0.3) is 0 Å². The van der Waals surface area contributed by atoms with Crippen LogP contribution in [0.4, 0.5) is 15.8 Å². The number of fused-ring (bicyclic) bond motifs is 2. The molecule has 2 aliphatic heterocycles. The molecule has 1 atom stereocenters. The fourth-order valence-electron chi connectivity index (χ4n) is 2.53. The average molecular weight is 286 g/mol. The van der Waals surface area contributed by atoms with E-state index in [1.807, 2.05) is 0 Å². The van der Waals surface area contributed by atoms with Crippen molar-refractivity contribution in [2.45, 2.75) is 6.04 Å². The van der Waals surface area contributed by atoms with E-state index >= 15 is 0 Å². The lowest BCUT2D eigenvalue weighted by Crippen LogP contribution is -2.19. The summed E-state index contributed by atoms with van der Waals surface area (Å²) in [5.74, 6) is 0.705. The van der Waals surface area contributed by atoms with Crippen LogP contribution in [0.2, 0.25) is 0 Å². The molecule has 0 saturated heterocycles. The molecule has 0 bridgehead atoms. The van der Waals surface area contributed by atoms with E-state index in [1.54, 1.807) is 24.3 Å². The smallest absolute Gasteiger partial charge is 0.251 e. The molecule has 2 aromatic rings. The molecule has 2 aromatic carbocycles. The third kappa shape index (κ3) is 1.96. The molecule has 0 saturated carbocycles. The Balaban J connectivity index is 1.66. The third-order valence-electron chi connectivity index (χ3n) is 3.53. The zero-order valence-electron chi connectivity index (χ0n) is 10.9. The van der Waals surface area contributed by atoms with Crippen molar-refractivity contribution in [3.05, 3.63) is 47.8 Å². The van der Waals surface area contributed by atoms with Gasteiger partial charge < -0.3 is 20.1 Å². The Morgan fingerprint density at radius 3 is 2.90 bits per heavy atom. The van der Waals surface area contributed by atoms with Gasteiger partial charge in [0.2, 0.25) is 6.79 Å². The van der Waals surface area contributed by atoms with Crippen molar-refractivity contribution in [3.63, 3.8) is 0 Å². The van der Waals surface area contributed by atoms with Crippen LogP contribution in [-0.4, -0.2) is 12.7 Å². The van der Waals surface area contributed by atoms with Crippen molar-refractivity contribution in [3.8, 4) is 11.5 Å². The Labute approximate surface area is 119 Å². The molecule has 0 aromatic heterocycles. The molecule has 0 fully saturated rings. The van der Waals surface area contributed by atoms with Crippen molar-refractivity contribution in [1.29, 1.82) is 0 Å². The van der Waals surface area contributed by atoms with Crippen molar-refractivity contribution in [2.75, 3.05) is 17.4 Å². The normalized spacial score (nSPS) is 18.3. The largest absolute Gasteiger partial charge is 0.454 e. The highest BCUT2D eigenvalue weighted by molar-refractivity contribution is 6.04. The summed E-state index contributed by atoms with van der Waals surface area (Å²) in [5.41, 5.74) is 1.92. The molecule has 5 nitrogen and oxygen atoms in total. The molecule has 4 rings (SSSR count). The van der Waals surface area contributed by atoms with Gasteiger partial charge in [-0.15, -0.1) is 0 Å². The predicted molar refractivity (Wildman–Crippen MR) is 74.0 cm³/mol. The number of ether oxygens (including phenoxy) is 2. The van der Waals surface area contributed by atoms with Crippen molar-refractivity contribution < 1.29 is 18.7 Å². The van der Waals surface area contributed by atoms with E-state index in [9.17, 15) is 9.18 Å². The molecular formula is C15H11FN2O3. The van der Waals surface area contributed by atoms with Crippen molar-refractivity contribution in [1.82, 2.24) is 0 Å². The van der Waals surface area contributed by atoms with Gasteiger partial charge in [0.15, 0.2) is 11.5 Å². The molecule has 1 amide bonds. The minimum atomic E-state index is -0.629. The molecule has 0 spiro atoms. The number of nitrogens with one attached hydrogen (secondary N) is 2. The molecule has 106 valence electrons. The summed E-state index contributed by atoms with van der Waals surface area (Å²) in [4.78, 5) is 12.0. The van der Waals surface area contributed by atoms with E-state index in [4.69, 9.17) is 9.47 Å². The zero-order chi connectivity index (χ0) is 14.4. The molecule has 2 aliphatic rings. The second kappa shape index (κ2) is 4.37. The van der Waals surface area contributed by atoms with Gasteiger partial charge in [0.25, 0.3) is 5.91 Å². The van der Waals surface area contributed by atoms with Gasteiger partial charge in [0.1, 0.15) is 11.9 Å². The van der Waals surface area contributed by atoms with Crippen LogP contribution in [0.3, 0.4) is 0 Å². The van der Waals surface area contributed by atoms with Gasteiger partial charge in [-0.1, -0.05) is 0 Å². The van der Waals surface area contributed by atoms with Crippen LogP contribution in [-0.2, 0) is 4.79 Å². The highest BCUT2D eigenvalue weighted by atomic mass is 19.1. The Morgan fingerprint density at radius 1 is 1.14 bits per heavy atom. The lowest BCUT2D eigenvalue weighted by molar-refractivity contribution is -0.116. The summed E-state index contributed by atoms with van der Waals surface area (Å²) in [5, 5.41) is 5.81. The average Bonchev–Trinajstić information content (AvgIpc) is 3.04. The lowest BCUT2D eigenvalue weighted by atomic mass is 10.1. The number of anilines is 2. The van der Waals surface area contributed by atoms with Gasteiger partial charge >= 0.3 is 0 Å². The molecule has 6 heteroatoms. The maximum atomic E-state index is 13.4. The van der Waals surface area contributed by atoms with Gasteiger partial charge in [-0.25, -0.2) is 4.39 Å². The Hall–Kier alpha value is -2.76. The van der Waals surface area contributed by atoms with Gasteiger partial charge in [0, 0.05) is 23.0 Å². The molecular weight excluding hydrogens is 275 g/mol. The number of carbonyl (C=O) groups is 1. The SMILES string of the molecule is O=C1Nc2ccc(F)cc2C1Nc1ccc2c(c1)OCO2. The zero-order valence-corrected chi connectivity index (χ0v) is 10.9. The van der Waals surface area contributed by atoms with E-state index in [1.165, 1.54) is 12.1 Å². The van der Waals surface area contributed by atoms with Crippen LogP contribution >= 0.6 is 0 Å². The Morgan fingerprint density at radius 2 is 2.00 bits per heavy atom. The van der Waals surface area contributed by atoms with Crippen LogP contribution in [0.15, 0.2) is 36.4 Å². The summed E-state index contributed by atoms with van der Waals surface area (Å²) < 4.78 is 23.9. The van der Waals surface area contributed by atoms with Crippen LogP contribution in [0.5, 0.6) is 11.5 Å². The predicted octanol–water partition coefficient (Wildman–Crippen LogP) is 2.66. The molecule has 0 aliphatic carbocycles. The Bertz CT molecular complexity index is 748. The summed E-state index contributed by atoms with van der Waals surface area (Å²) in [6.07, 6.45) is 0. The first kappa shape index (κ1) is 12.0. The highest BCUT2D eigenvalue weighted by Crippen LogP contribution is 2.37. The van der Waals surface area contributed by atoms with Gasteiger partial charge in [-0.2, -0.15) is 0 Å². The van der Waals surface area contributed by atoms with Crippen LogP contribution in [0.1, 0.15) is 11.6 Å². The van der Waals surface area contributed by atoms with Crippen LogP contribution in [0, 0.1) is 5.82 Å². The second-order valence-corrected chi connectivity index (χ2v) is 4.87. The van der Waals surface area contributed by atoms with Gasteiger partial charge in [-0.3, -0.25) is 4.79 Å². The van der Waals surface area contributed by atoms with Crippen molar-refractivity contribution in [2.24, 2.45) is 0 Å². The monoisotopic (exact) mass is 286 g/mol. The standard InChI is InChI=1S/C15H11FN2O3/c16-8-1-3-11-10(5-8)14(15(19)18-11)17-9-2-4-12-13(6-9)21-7-20-12/h1-6,14,17H,7H2,(H,18,19). The molecule has 0 radical (unpaired) electrons. The fourth-order valence-corrected chi connectivity index (χ4v) is 2.53. The molecule has 21 heavy (non-hydrogen) atoms. The Kier molecular flexibility index (Phi) is 2.50. The van der Waals surface area contributed by atoms with E-state index in [0.29, 0.717) is 28.4 Å². The summed E-state index contributed by atoms with van der Waals surface area (Å²) in [7, 11) is 0. The quantitative estimate of drug-likeness (QED) is 0.891.